The molecular formula is C16H22F2N2O4S. The molecule has 0 aromatic heterocycles. The first-order chi connectivity index (χ1) is 11.7. The van der Waals surface area contributed by atoms with Crippen LogP contribution >= 0.6 is 0 Å². The minimum Gasteiger partial charge on any atom is -0.435 e. The lowest BCUT2D eigenvalue weighted by Crippen LogP contribution is -2.42. The number of amides is 1. The topological polar surface area (TPSA) is 66.9 Å². The van der Waals surface area contributed by atoms with Crippen LogP contribution in [-0.4, -0.2) is 56.5 Å². The maximum Gasteiger partial charge on any atom is 0.387 e. The minimum absolute atomic E-state index is 0.0407. The van der Waals surface area contributed by atoms with Crippen LogP contribution in [0.2, 0.25) is 0 Å². The number of rotatable bonds is 6. The van der Waals surface area contributed by atoms with E-state index in [9.17, 15) is 22.0 Å². The van der Waals surface area contributed by atoms with Gasteiger partial charge in [0.2, 0.25) is 15.9 Å². The van der Waals surface area contributed by atoms with E-state index in [1.807, 2.05) is 0 Å². The van der Waals surface area contributed by atoms with Gasteiger partial charge in [-0.15, -0.1) is 0 Å². The fourth-order valence-corrected chi connectivity index (χ4v) is 3.75. The van der Waals surface area contributed by atoms with Gasteiger partial charge in [-0.2, -0.15) is 8.78 Å². The molecule has 0 bridgehead atoms. The lowest BCUT2D eigenvalue weighted by atomic mass is 9.96. The van der Waals surface area contributed by atoms with Crippen molar-refractivity contribution in [3.8, 4) is 5.75 Å². The van der Waals surface area contributed by atoms with Crippen molar-refractivity contribution < 1.29 is 26.7 Å². The van der Waals surface area contributed by atoms with Gasteiger partial charge in [-0.05, 0) is 30.5 Å². The number of sulfonamides is 1. The summed E-state index contributed by atoms with van der Waals surface area (Å²) in [5.74, 6) is -0.175. The first kappa shape index (κ1) is 19.6. The molecule has 1 amide bonds. The van der Waals surface area contributed by atoms with E-state index in [4.69, 9.17) is 0 Å². The fourth-order valence-electron chi connectivity index (χ4n) is 2.87. The second-order valence-corrected chi connectivity index (χ2v) is 8.14. The summed E-state index contributed by atoms with van der Waals surface area (Å²) in [4.78, 5) is 14.1. The van der Waals surface area contributed by atoms with Crippen molar-refractivity contribution in [1.82, 2.24) is 9.21 Å². The third-order valence-electron chi connectivity index (χ3n) is 4.22. The molecule has 140 valence electrons. The molecule has 0 unspecified atom stereocenters. The van der Waals surface area contributed by atoms with Gasteiger partial charge in [-0.1, -0.05) is 12.1 Å². The van der Waals surface area contributed by atoms with E-state index in [2.05, 4.69) is 4.74 Å². The normalized spacial score (nSPS) is 16.8. The van der Waals surface area contributed by atoms with Gasteiger partial charge in [0.1, 0.15) is 5.75 Å². The number of alkyl halides is 2. The van der Waals surface area contributed by atoms with Crippen LogP contribution in [0, 0.1) is 5.92 Å². The summed E-state index contributed by atoms with van der Waals surface area (Å²) >= 11 is 0. The molecule has 1 aliphatic rings. The van der Waals surface area contributed by atoms with Gasteiger partial charge in [-0.25, -0.2) is 12.7 Å². The Morgan fingerprint density at radius 2 is 1.84 bits per heavy atom. The Hall–Kier alpha value is -1.74. The van der Waals surface area contributed by atoms with Gasteiger partial charge in [0.25, 0.3) is 0 Å². The Labute approximate surface area is 146 Å². The van der Waals surface area contributed by atoms with E-state index in [1.165, 1.54) is 22.7 Å². The Bertz CT molecular complexity index is 687. The predicted molar refractivity (Wildman–Crippen MR) is 88.7 cm³/mol. The predicted octanol–water partition coefficient (Wildman–Crippen LogP) is 1.92. The highest BCUT2D eigenvalue weighted by Gasteiger charge is 2.30. The zero-order valence-corrected chi connectivity index (χ0v) is 15.0. The third-order valence-corrected chi connectivity index (χ3v) is 5.52. The Balaban J connectivity index is 1.88. The smallest absolute Gasteiger partial charge is 0.387 e. The second-order valence-electron chi connectivity index (χ2n) is 6.15. The summed E-state index contributed by atoms with van der Waals surface area (Å²) in [6.07, 6.45) is 2.16. The molecule has 1 heterocycles. The van der Waals surface area contributed by atoms with E-state index in [0.29, 0.717) is 32.5 Å². The van der Waals surface area contributed by atoms with E-state index >= 15 is 0 Å². The average molecular weight is 376 g/mol. The molecule has 1 fully saturated rings. The largest absolute Gasteiger partial charge is 0.435 e. The zero-order chi connectivity index (χ0) is 18.6. The average Bonchev–Trinajstić information content (AvgIpc) is 2.55. The molecule has 1 aromatic rings. The lowest BCUT2D eigenvalue weighted by molar-refractivity contribution is -0.135. The van der Waals surface area contributed by atoms with Gasteiger partial charge < -0.3 is 9.64 Å². The summed E-state index contributed by atoms with van der Waals surface area (Å²) in [7, 11) is -1.54. The maximum atomic E-state index is 12.5. The number of hydrogen-bond donors (Lipinski definition) is 0. The van der Waals surface area contributed by atoms with Crippen LogP contribution in [0.5, 0.6) is 5.75 Å². The molecule has 0 radical (unpaired) electrons. The van der Waals surface area contributed by atoms with Crippen LogP contribution < -0.4 is 4.74 Å². The van der Waals surface area contributed by atoms with E-state index in [-0.39, 0.29) is 17.6 Å². The Morgan fingerprint density at radius 1 is 1.28 bits per heavy atom. The first-order valence-electron chi connectivity index (χ1n) is 7.90. The molecule has 2 rings (SSSR count). The maximum absolute atomic E-state index is 12.5. The summed E-state index contributed by atoms with van der Waals surface area (Å²) in [6.45, 7) is -1.82. The Kier molecular flexibility index (Phi) is 6.34. The number of halogens is 2. The number of benzene rings is 1. The number of ether oxygens (including phenoxy) is 1. The fraction of sp³-hybridized carbons (Fsp3) is 0.562. The molecule has 6 nitrogen and oxygen atoms in total. The first-order valence-corrected chi connectivity index (χ1v) is 9.75. The second kappa shape index (κ2) is 8.09. The van der Waals surface area contributed by atoms with Crippen molar-refractivity contribution in [2.45, 2.75) is 26.0 Å². The lowest BCUT2D eigenvalue weighted by Gasteiger charge is -2.31. The van der Waals surface area contributed by atoms with Crippen LogP contribution in [0.15, 0.2) is 24.3 Å². The van der Waals surface area contributed by atoms with Crippen molar-refractivity contribution in [2.24, 2.45) is 5.92 Å². The Morgan fingerprint density at radius 3 is 2.32 bits per heavy atom. The molecule has 1 saturated heterocycles. The highest BCUT2D eigenvalue weighted by Crippen LogP contribution is 2.22. The van der Waals surface area contributed by atoms with Gasteiger partial charge in [-0.3, -0.25) is 4.79 Å². The van der Waals surface area contributed by atoms with E-state index in [1.54, 1.807) is 24.1 Å². The monoisotopic (exact) mass is 376 g/mol. The van der Waals surface area contributed by atoms with Crippen LogP contribution in [0.3, 0.4) is 0 Å². The number of piperidine rings is 1. The highest BCUT2D eigenvalue weighted by molar-refractivity contribution is 7.88. The van der Waals surface area contributed by atoms with Crippen molar-refractivity contribution in [2.75, 3.05) is 26.4 Å². The van der Waals surface area contributed by atoms with Gasteiger partial charge in [0.05, 0.1) is 6.26 Å². The van der Waals surface area contributed by atoms with Gasteiger partial charge >= 0.3 is 6.61 Å². The standard InChI is InChI=1S/C16H22F2N2O4S/c1-19(11-12-3-5-14(6-4-12)24-16(17)18)15(21)13-7-9-20(10-8-13)25(2,22)23/h3-6,13,16H,7-11H2,1-2H3. The molecule has 0 spiro atoms. The zero-order valence-electron chi connectivity index (χ0n) is 14.2. The van der Waals surface area contributed by atoms with E-state index < -0.39 is 16.6 Å². The van der Waals surface area contributed by atoms with E-state index in [0.717, 1.165) is 5.56 Å². The molecule has 0 atom stereocenters. The molecular weight excluding hydrogens is 354 g/mol. The molecule has 25 heavy (non-hydrogen) atoms. The van der Waals surface area contributed by atoms with Gasteiger partial charge in [0.15, 0.2) is 0 Å². The third kappa shape index (κ3) is 5.64. The minimum atomic E-state index is -3.21. The summed E-state index contributed by atoms with van der Waals surface area (Å²) < 4.78 is 52.9. The van der Waals surface area contributed by atoms with Crippen LogP contribution in [0.1, 0.15) is 18.4 Å². The van der Waals surface area contributed by atoms with Crippen molar-refractivity contribution >= 4 is 15.9 Å². The molecule has 0 aliphatic carbocycles. The number of nitrogens with zero attached hydrogens (tertiary/aromatic N) is 2. The molecule has 1 aromatic carbocycles. The van der Waals surface area contributed by atoms with Crippen molar-refractivity contribution in [3.63, 3.8) is 0 Å². The highest BCUT2D eigenvalue weighted by atomic mass is 32.2. The quantitative estimate of drug-likeness (QED) is 0.761. The van der Waals surface area contributed by atoms with Crippen LogP contribution in [-0.2, 0) is 21.4 Å². The molecule has 0 saturated carbocycles. The summed E-state index contributed by atoms with van der Waals surface area (Å²) in [5.41, 5.74) is 0.797. The number of carbonyl (C=O) groups excluding carboxylic acids is 1. The molecule has 1 aliphatic heterocycles. The number of hydrogen-bond acceptors (Lipinski definition) is 4. The van der Waals surface area contributed by atoms with Crippen LogP contribution in [0.25, 0.3) is 0 Å². The summed E-state index contributed by atoms with van der Waals surface area (Å²) in [5, 5.41) is 0. The number of carbonyl (C=O) groups is 1. The van der Waals surface area contributed by atoms with Gasteiger partial charge in [0, 0.05) is 32.6 Å². The summed E-state index contributed by atoms with van der Waals surface area (Å²) in [6, 6.07) is 6.14. The molecule has 9 heteroatoms. The molecule has 0 N–H and O–H groups in total. The SMILES string of the molecule is CN(Cc1ccc(OC(F)F)cc1)C(=O)C1CCN(S(C)(=O)=O)CC1. The van der Waals surface area contributed by atoms with Crippen LogP contribution in [0.4, 0.5) is 8.78 Å². The van der Waals surface area contributed by atoms with Crippen molar-refractivity contribution in [1.29, 1.82) is 0 Å². The van der Waals surface area contributed by atoms with Crippen molar-refractivity contribution in [3.05, 3.63) is 29.8 Å².